The zero-order valence-electron chi connectivity index (χ0n) is 12.0. The van der Waals surface area contributed by atoms with E-state index in [2.05, 4.69) is 4.98 Å². The molecule has 0 radical (unpaired) electrons. The van der Waals surface area contributed by atoms with E-state index in [0.717, 1.165) is 0 Å². The number of rotatable bonds is 5. The summed E-state index contributed by atoms with van der Waals surface area (Å²) >= 11 is 6.06. The van der Waals surface area contributed by atoms with Crippen molar-refractivity contribution >= 4 is 23.2 Å². The standard InChI is InChI=1S/C16H14ClN3O2/c1-2-22-15-14(17)10-12(11-19-15)16(21)20(9-8-18)13-6-4-3-5-7-13/h3-7,10-11H,2,9H2,1H3. The van der Waals surface area contributed by atoms with Gasteiger partial charge in [0, 0.05) is 11.9 Å². The molecule has 5 nitrogen and oxygen atoms in total. The molecule has 0 atom stereocenters. The highest BCUT2D eigenvalue weighted by Gasteiger charge is 2.19. The molecular formula is C16H14ClN3O2. The van der Waals surface area contributed by atoms with Crippen molar-refractivity contribution in [2.45, 2.75) is 6.92 Å². The van der Waals surface area contributed by atoms with E-state index in [1.54, 1.807) is 24.3 Å². The molecule has 112 valence electrons. The van der Waals surface area contributed by atoms with Gasteiger partial charge in [0.25, 0.3) is 5.91 Å². The van der Waals surface area contributed by atoms with Crippen LogP contribution in [-0.2, 0) is 0 Å². The van der Waals surface area contributed by atoms with Crippen LogP contribution < -0.4 is 9.64 Å². The highest BCUT2D eigenvalue weighted by atomic mass is 35.5. The molecule has 0 bridgehead atoms. The lowest BCUT2D eigenvalue weighted by Crippen LogP contribution is -2.31. The SMILES string of the molecule is CCOc1ncc(C(=O)N(CC#N)c2ccccc2)cc1Cl. The maximum absolute atomic E-state index is 12.6. The van der Waals surface area contributed by atoms with E-state index >= 15 is 0 Å². The van der Waals surface area contributed by atoms with E-state index in [4.69, 9.17) is 21.6 Å². The lowest BCUT2D eigenvalue weighted by Gasteiger charge is -2.19. The molecule has 1 heterocycles. The van der Waals surface area contributed by atoms with Gasteiger partial charge in [-0.1, -0.05) is 29.8 Å². The number of aromatic nitrogens is 1. The third kappa shape index (κ3) is 3.54. The van der Waals surface area contributed by atoms with Crippen LogP contribution in [0.3, 0.4) is 0 Å². The first-order chi connectivity index (χ1) is 10.7. The van der Waals surface area contributed by atoms with Crippen molar-refractivity contribution in [3.8, 4) is 11.9 Å². The van der Waals surface area contributed by atoms with Crippen molar-refractivity contribution in [2.24, 2.45) is 0 Å². The second-order valence-electron chi connectivity index (χ2n) is 4.33. The molecule has 0 aliphatic heterocycles. The van der Waals surface area contributed by atoms with Gasteiger partial charge >= 0.3 is 0 Å². The Labute approximate surface area is 133 Å². The molecule has 0 spiro atoms. The number of amides is 1. The van der Waals surface area contributed by atoms with Gasteiger partial charge in [-0.15, -0.1) is 0 Å². The molecular weight excluding hydrogens is 302 g/mol. The molecule has 2 aromatic rings. The first-order valence-electron chi connectivity index (χ1n) is 6.69. The van der Waals surface area contributed by atoms with E-state index < -0.39 is 0 Å². The van der Waals surface area contributed by atoms with Crippen LogP contribution >= 0.6 is 11.6 Å². The summed E-state index contributed by atoms with van der Waals surface area (Å²) in [6, 6.07) is 12.5. The van der Waals surface area contributed by atoms with Gasteiger partial charge in [-0.05, 0) is 25.1 Å². The Balaban J connectivity index is 2.32. The van der Waals surface area contributed by atoms with E-state index in [9.17, 15) is 4.79 Å². The smallest absolute Gasteiger partial charge is 0.260 e. The van der Waals surface area contributed by atoms with Crippen LogP contribution in [0, 0.1) is 11.3 Å². The highest BCUT2D eigenvalue weighted by molar-refractivity contribution is 6.32. The fourth-order valence-electron chi connectivity index (χ4n) is 1.90. The number of anilines is 1. The van der Waals surface area contributed by atoms with Gasteiger partial charge in [0.1, 0.15) is 11.6 Å². The quantitative estimate of drug-likeness (QED) is 0.794. The molecule has 0 aliphatic rings. The number of ether oxygens (including phenoxy) is 1. The van der Waals surface area contributed by atoms with Crippen molar-refractivity contribution in [1.29, 1.82) is 5.26 Å². The molecule has 1 aromatic carbocycles. The lowest BCUT2D eigenvalue weighted by atomic mass is 10.2. The molecule has 1 aromatic heterocycles. The van der Waals surface area contributed by atoms with Crippen LogP contribution in [0.2, 0.25) is 5.02 Å². The molecule has 0 unspecified atom stereocenters. The third-order valence-corrected chi connectivity index (χ3v) is 3.15. The van der Waals surface area contributed by atoms with Gasteiger partial charge < -0.3 is 4.74 Å². The number of nitriles is 1. The number of halogens is 1. The maximum Gasteiger partial charge on any atom is 0.260 e. The van der Waals surface area contributed by atoms with Crippen LogP contribution in [-0.4, -0.2) is 24.0 Å². The summed E-state index contributed by atoms with van der Waals surface area (Å²) < 4.78 is 5.24. The van der Waals surface area contributed by atoms with Crippen LogP contribution in [0.5, 0.6) is 5.88 Å². The molecule has 22 heavy (non-hydrogen) atoms. The van der Waals surface area contributed by atoms with Crippen LogP contribution in [0.25, 0.3) is 0 Å². The Bertz CT molecular complexity index is 698. The molecule has 0 saturated heterocycles. The molecule has 0 saturated carbocycles. The number of benzene rings is 1. The molecule has 2 rings (SSSR count). The Morgan fingerprint density at radius 2 is 2.14 bits per heavy atom. The number of carbonyl (C=O) groups excluding carboxylic acids is 1. The molecule has 6 heteroatoms. The van der Waals surface area contributed by atoms with E-state index in [1.807, 2.05) is 19.1 Å². The molecule has 1 amide bonds. The second kappa shape index (κ2) is 7.43. The largest absolute Gasteiger partial charge is 0.477 e. The first-order valence-corrected chi connectivity index (χ1v) is 7.07. The highest BCUT2D eigenvalue weighted by Crippen LogP contribution is 2.24. The minimum atomic E-state index is -0.342. The second-order valence-corrected chi connectivity index (χ2v) is 4.74. The summed E-state index contributed by atoms with van der Waals surface area (Å²) in [4.78, 5) is 18.0. The number of pyridine rings is 1. The van der Waals surface area contributed by atoms with Gasteiger partial charge in [0.15, 0.2) is 0 Å². The summed E-state index contributed by atoms with van der Waals surface area (Å²) in [6.45, 7) is 2.19. The summed E-state index contributed by atoms with van der Waals surface area (Å²) in [5, 5.41) is 9.22. The fraction of sp³-hybridized carbons (Fsp3) is 0.188. The lowest BCUT2D eigenvalue weighted by molar-refractivity contribution is 0.0989. The number of carbonyl (C=O) groups is 1. The zero-order chi connectivity index (χ0) is 15.9. The van der Waals surface area contributed by atoms with E-state index in [-0.39, 0.29) is 23.4 Å². The molecule has 0 N–H and O–H groups in total. The fourth-order valence-corrected chi connectivity index (χ4v) is 2.12. The number of hydrogen-bond donors (Lipinski definition) is 0. The van der Waals surface area contributed by atoms with E-state index in [1.165, 1.54) is 17.2 Å². The summed E-state index contributed by atoms with van der Waals surface area (Å²) in [7, 11) is 0. The van der Waals surface area contributed by atoms with Gasteiger partial charge in [-0.2, -0.15) is 5.26 Å². The average molecular weight is 316 g/mol. The van der Waals surface area contributed by atoms with Crippen molar-refractivity contribution in [3.63, 3.8) is 0 Å². The van der Waals surface area contributed by atoms with Gasteiger partial charge in [0.2, 0.25) is 5.88 Å². The van der Waals surface area contributed by atoms with Crippen LogP contribution in [0.4, 0.5) is 5.69 Å². The number of para-hydroxylation sites is 1. The molecule has 0 fully saturated rings. The predicted molar refractivity (Wildman–Crippen MR) is 84.1 cm³/mol. The number of hydrogen-bond acceptors (Lipinski definition) is 4. The van der Waals surface area contributed by atoms with Gasteiger partial charge in [-0.3, -0.25) is 9.69 Å². The Hall–Kier alpha value is -2.58. The number of nitrogens with zero attached hydrogens (tertiary/aromatic N) is 3. The van der Waals surface area contributed by atoms with Gasteiger partial charge in [0.05, 0.1) is 18.2 Å². The first kappa shape index (κ1) is 15.8. The summed E-state index contributed by atoms with van der Waals surface area (Å²) in [5.41, 5.74) is 0.937. The molecule has 0 aliphatic carbocycles. The van der Waals surface area contributed by atoms with Crippen molar-refractivity contribution in [2.75, 3.05) is 18.1 Å². The predicted octanol–water partition coefficient (Wildman–Crippen LogP) is 3.30. The van der Waals surface area contributed by atoms with Crippen molar-refractivity contribution in [1.82, 2.24) is 4.98 Å². The van der Waals surface area contributed by atoms with Crippen molar-refractivity contribution < 1.29 is 9.53 Å². The maximum atomic E-state index is 12.6. The van der Waals surface area contributed by atoms with E-state index in [0.29, 0.717) is 17.9 Å². The third-order valence-electron chi connectivity index (χ3n) is 2.88. The normalized spacial score (nSPS) is 9.86. The van der Waals surface area contributed by atoms with Crippen LogP contribution in [0.1, 0.15) is 17.3 Å². The zero-order valence-corrected chi connectivity index (χ0v) is 12.7. The Morgan fingerprint density at radius 1 is 1.41 bits per heavy atom. The summed E-state index contributed by atoms with van der Waals surface area (Å²) in [5.74, 6) is -0.0579. The Kier molecular flexibility index (Phi) is 5.34. The van der Waals surface area contributed by atoms with Crippen LogP contribution in [0.15, 0.2) is 42.6 Å². The summed E-state index contributed by atoms with van der Waals surface area (Å²) in [6.07, 6.45) is 1.40. The monoisotopic (exact) mass is 315 g/mol. The average Bonchev–Trinajstić information content (AvgIpc) is 2.55. The minimum Gasteiger partial charge on any atom is -0.477 e. The van der Waals surface area contributed by atoms with Crippen molar-refractivity contribution in [3.05, 3.63) is 53.2 Å². The Morgan fingerprint density at radius 3 is 2.73 bits per heavy atom. The topological polar surface area (TPSA) is 66.2 Å². The van der Waals surface area contributed by atoms with Gasteiger partial charge in [-0.25, -0.2) is 4.98 Å². The minimum absolute atomic E-state index is 0.0618.